The number of hydrazine groups is 1. The van der Waals surface area contributed by atoms with Crippen LogP contribution in [0.1, 0.15) is 90.7 Å². The first-order valence-corrected chi connectivity index (χ1v) is 23.9. The maximum atomic E-state index is 15.3. The first kappa shape index (κ1) is 50.8. The molecule has 2 aliphatic heterocycles. The lowest BCUT2D eigenvalue weighted by molar-refractivity contribution is -0.160. The van der Waals surface area contributed by atoms with Crippen LogP contribution in [-0.2, 0) is 41.9 Å². The number of sulfone groups is 1. The zero-order valence-electron chi connectivity index (χ0n) is 39.2. The van der Waals surface area contributed by atoms with Gasteiger partial charge in [-0.2, -0.15) is 0 Å². The number of nitrogens with two attached hydrogens (primary N) is 2. The summed E-state index contributed by atoms with van der Waals surface area (Å²) in [5.41, 5.74) is 13.4. The van der Waals surface area contributed by atoms with Crippen molar-refractivity contribution in [3.63, 3.8) is 0 Å². The lowest BCUT2D eigenvalue weighted by Crippen LogP contribution is -2.65. The molecule has 362 valence electrons. The number of aryl methyl sites for hydroxylation is 2. The summed E-state index contributed by atoms with van der Waals surface area (Å²) in [5.74, 6) is -2.81. The van der Waals surface area contributed by atoms with Crippen molar-refractivity contribution in [2.75, 3.05) is 20.2 Å². The van der Waals surface area contributed by atoms with E-state index in [4.69, 9.17) is 20.9 Å². The van der Waals surface area contributed by atoms with Gasteiger partial charge in [0.15, 0.2) is 6.10 Å². The maximum Gasteiger partial charge on any atom is 0.407 e. The highest BCUT2D eigenvalue weighted by molar-refractivity contribution is 7.95. The molecule has 5 amide bonds. The summed E-state index contributed by atoms with van der Waals surface area (Å²) in [6, 6.07) is 23.9. The molecule has 4 aromatic rings. The Morgan fingerprint density at radius 2 is 1.47 bits per heavy atom. The van der Waals surface area contributed by atoms with Crippen molar-refractivity contribution in [2.45, 2.75) is 107 Å². The van der Waals surface area contributed by atoms with Gasteiger partial charge in [-0.15, -0.1) is 0 Å². The van der Waals surface area contributed by atoms with Crippen LogP contribution in [0.4, 0.5) is 4.79 Å². The lowest BCUT2D eigenvalue weighted by Gasteiger charge is -2.45. The smallest absolute Gasteiger partial charge is 0.407 e. The third-order valence-corrected chi connectivity index (χ3v) is 13.7. The van der Waals surface area contributed by atoms with Gasteiger partial charge < -0.3 is 42.0 Å². The molecular formula is C50H61N7O10S. The van der Waals surface area contributed by atoms with Crippen molar-refractivity contribution in [3.05, 3.63) is 141 Å². The summed E-state index contributed by atoms with van der Waals surface area (Å²) in [6.45, 7) is 9.06. The second-order valence-corrected chi connectivity index (χ2v) is 20.2. The predicted octanol–water partition coefficient (Wildman–Crippen LogP) is 4.40. The van der Waals surface area contributed by atoms with Crippen molar-refractivity contribution in [1.29, 1.82) is 0 Å². The normalized spacial score (nSPS) is 18.3. The number of carbonyl (C=O) groups is 5. The third-order valence-electron chi connectivity index (χ3n) is 11.8. The number of benzene rings is 4. The Balaban J connectivity index is 1.42. The number of hydrogen-bond donors (Lipinski definition) is 6. The summed E-state index contributed by atoms with van der Waals surface area (Å²) in [4.78, 5) is 67.7. The van der Waals surface area contributed by atoms with E-state index < -0.39 is 79.5 Å². The van der Waals surface area contributed by atoms with Crippen LogP contribution >= 0.6 is 0 Å². The van der Waals surface area contributed by atoms with Crippen LogP contribution in [0, 0.1) is 13.8 Å². The lowest BCUT2D eigenvalue weighted by atomic mass is 9.85. The Bertz CT molecular complexity index is 2630. The molecule has 4 aromatic carbocycles. The van der Waals surface area contributed by atoms with E-state index in [0.717, 1.165) is 21.7 Å². The Hall–Kier alpha value is -6.60. The minimum Gasteiger partial charge on any atom is -0.497 e. The second kappa shape index (κ2) is 21.1. The van der Waals surface area contributed by atoms with Crippen LogP contribution in [0.25, 0.3) is 0 Å². The number of aliphatic hydroxyl groups is 1. The molecule has 0 aliphatic carbocycles. The summed E-state index contributed by atoms with van der Waals surface area (Å²) in [5, 5.41) is 22.4. The van der Waals surface area contributed by atoms with E-state index in [1.54, 1.807) is 76.2 Å². The zero-order valence-corrected chi connectivity index (χ0v) is 40.0. The molecular weight excluding hydrogens is 891 g/mol. The van der Waals surface area contributed by atoms with Gasteiger partial charge in [0.2, 0.25) is 15.7 Å². The number of amides is 5. The quantitative estimate of drug-likeness (QED) is 0.0760. The second-order valence-electron chi connectivity index (χ2n) is 18.3. The number of fused-ring (bicyclic) bond motifs is 1. The van der Waals surface area contributed by atoms with Crippen molar-refractivity contribution in [1.82, 2.24) is 26.0 Å². The molecule has 0 aromatic heterocycles. The molecule has 1 saturated heterocycles. The highest BCUT2D eigenvalue weighted by atomic mass is 32.2. The number of nitrogens with zero attached hydrogens (tertiary/aromatic N) is 2. The van der Waals surface area contributed by atoms with Crippen LogP contribution in [0.5, 0.6) is 5.75 Å². The Kier molecular flexibility index (Phi) is 15.8. The fraction of sp³-hybridized carbons (Fsp3) is 0.380. The van der Waals surface area contributed by atoms with E-state index in [2.05, 4.69) is 16.0 Å². The standard InChI is InChI=1S/C50H61N7O10S/c1-31-10-14-33(15-11-31)29-50(52)26-28-56-40(35-20-22-37(66-6)23-21-35)43(68(64,65)38-24-12-32(2)13-25-38)41(57(56)47(50)62)45(60)55-39(9-7-8-27-53-48(63)67-49(3,4)5)42(58)46(61)54-30-34-16-18-36(19-17-34)44(51)59/h10-25,39-40,42,58H,7-9,26-30,52H2,1-6H3,(H2,51,59)(H,53,63)(H,54,61)(H,55,60)/t39-,40?,42?,50?/m0/s1. The van der Waals surface area contributed by atoms with Gasteiger partial charge in [-0.05, 0) is 120 Å². The van der Waals surface area contributed by atoms with Crippen molar-refractivity contribution in [3.8, 4) is 5.75 Å². The van der Waals surface area contributed by atoms with Gasteiger partial charge in [0.05, 0.1) is 24.1 Å². The molecule has 2 heterocycles. The Morgan fingerprint density at radius 1 is 0.868 bits per heavy atom. The molecule has 1 fully saturated rings. The number of rotatable bonds is 18. The van der Waals surface area contributed by atoms with Crippen molar-refractivity contribution < 1.29 is 47.0 Å². The van der Waals surface area contributed by atoms with Crippen molar-refractivity contribution >= 4 is 39.6 Å². The summed E-state index contributed by atoms with van der Waals surface area (Å²) < 4.78 is 41.2. The highest BCUT2D eigenvalue weighted by Gasteiger charge is 2.57. The largest absolute Gasteiger partial charge is 0.497 e. The molecule has 8 N–H and O–H groups in total. The van der Waals surface area contributed by atoms with Crippen LogP contribution in [0.2, 0.25) is 0 Å². The van der Waals surface area contributed by atoms with Gasteiger partial charge in [0.25, 0.3) is 17.7 Å². The maximum absolute atomic E-state index is 15.3. The van der Waals surface area contributed by atoms with Gasteiger partial charge in [-0.1, -0.05) is 71.8 Å². The van der Waals surface area contributed by atoms with Crippen LogP contribution in [0.3, 0.4) is 0 Å². The summed E-state index contributed by atoms with van der Waals surface area (Å²) in [7, 11) is -3.13. The fourth-order valence-corrected chi connectivity index (χ4v) is 9.90. The molecule has 68 heavy (non-hydrogen) atoms. The van der Waals surface area contributed by atoms with E-state index in [9.17, 15) is 19.5 Å². The Morgan fingerprint density at radius 3 is 2.06 bits per heavy atom. The van der Waals surface area contributed by atoms with E-state index in [0.29, 0.717) is 23.3 Å². The number of aliphatic hydroxyl groups excluding tert-OH is 1. The molecule has 18 heteroatoms. The molecule has 6 rings (SSSR count). The fourth-order valence-electron chi connectivity index (χ4n) is 8.17. The van der Waals surface area contributed by atoms with Crippen molar-refractivity contribution in [2.24, 2.45) is 11.5 Å². The zero-order chi connectivity index (χ0) is 49.6. The first-order valence-electron chi connectivity index (χ1n) is 22.4. The number of ether oxygens (including phenoxy) is 2. The van der Waals surface area contributed by atoms with Crippen LogP contribution in [0.15, 0.2) is 113 Å². The average Bonchev–Trinajstić information content (AvgIpc) is 3.66. The van der Waals surface area contributed by atoms with Crippen LogP contribution < -0.4 is 32.2 Å². The van der Waals surface area contributed by atoms with Gasteiger partial charge in [0.1, 0.15) is 27.5 Å². The molecule has 2 aliphatic rings. The SMILES string of the molecule is COc1ccc(C2C(S(=O)(=O)c3ccc(C)cc3)=C(C(=O)N[C@@H](CCCCNC(=O)OC(C)(C)C)C(O)C(=O)NCc3ccc(C(N)=O)cc3)N3C(=O)C(N)(Cc4ccc(C)cc4)CCN23)cc1. The van der Waals surface area contributed by atoms with Gasteiger partial charge >= 0.3 is 6.09 Å². The first-order chi connectivity index (χ1) is 32.1. The number of hydrogen-bond acceptors (Lipinski definition) is 12. The van der Waals surface area contributed by atoms with E-state index in [1.807, 2.05) is 31.2 Å². The van der Waals surface area contributed by atoms with Gasteiger partial charge in [0, 0.05) is 25.2 Å². The molecule has 0 bridgehead atoms. The number of unbranched alkanes of at least 4 members (excludes halogenated alkanes) is 1. The van der Waals surface area contributed by atoms with Gasteiger partial charge in [-0.3, -0.25) is 19.2 Å². The molecule has 0 radical (unpaired) electrons. The molecule has 4 atom stereocenters. The van der Waals surface area contributed by atoms with E-state index in [-0.39, 0.29) is 55.8 Å². The summed E-state index contributed by atoms with van der Waals surface area (Å²) in [6.07, 6.45) is -1.83. The molecule has 0 spiro atoms. The topological polar surface area (TPSA) is 253 Å². The molecule has 0 saturated carbocycles. The average molecular weight is 952 g/mol. The van der Waals surface area contributed by atoms with Gasteiger partial charge in [-0.25, -0.2) is 23.2 Å². The molecule has 3 unspecified atom stereocenters. The molecule has 17 nitrogen and oxygen atoms in total. The number of primary amides is 1. The Labute approximate surface area is 397 Å². The number of carbonyl (C=O) groups excluding carboxylic acids is 5. The predicted molar refractivity (Wildman–Crippen MR) is 254 cm³/mol. The summed E-state index contributed by atoms with van der Waals surface area (Å²) >= 11 is 0. The minimum atomic E-state index is -4.62. The number of alkyl carbamates (subject to hydrolysis) is 1. The minimum absolute atomic E-state index is 0.0369. The third kappa shape index (κ3) is 11.9. The highest BCUT2D eigenvalue weighted by Crippen LogP contribution is 2.48. The number of methoxy groups -OCH3 is 1. The van der Waals surface area contributed by atoms with Crippen LogP contribution in [-0.4, -0.2) is 96.7 Å². The van der Waals surface area contributed by atoms with E-state index in [1.165, 1.54) is 36.4 Å². The number of nitrogens with one attached hydrogen (secondary N) is 3. The monoisotopic (exact) mass is 951 g/mol. The van der Waals surface area contributed by atoms with E-state index >= 15 is 18.0 Å².